The second-order valence-electron chi connectivity index (χ2n) is 4.21. The van der Waals surface area contributed by atoms with Crippen molar-refractivity contribution in [2.24, 2.45) is 5.14 Å². The third-order valence-electron chi connectivity index (χ3n) is 2.63. The summed E-state index contributed by atoms with van der Waals surface area (Å²) >= 11 is 0. The van der Waals surface area contributed by atoms with Crippen LogP contribution in [0.15, 0.2) is 29.2 Å². The maximum absolute atomic E-state index is 11.8. The van der Waals surface area contributed by atoms with Gasteiger partial charge in [-0.3, -0.25) is 4.79 Å². The Morgan fingerprint density at radius 2 is 1.90 bits per heavy atom. The largest absolute Gasteiger partial charge is 0.375 e. The summed E-state index contributed by atoms with van der Waals surface area (Å²) < 4.78 is 50.5. The van der Waals surface area contributed by atoms with Crippen molar-refractivity contribution in [1.29, 1.82) is 0 Å². The molecule has 9 heteroatoms. The summed E-state index contributed by atoms with van der Waals surface area (Å²) in [4.78, 5) is 13.0. The Balaban J connectivity index is 2.58. The molecular formula is C12H16F2N2O4S. The third kappa shape index (κ3) is 5.74. The molecule has 0 aliphatic carbocycles. The summed E-state index contributed by atoms with van der Waals surface area (Å²) in [6.07, 6.45) is -2.62. The van der Waals surface area contributed by atoms with Crippen LogP contribution in [0.25, 0.3) is 0 Å². The summed E-state index contributed by atoms with van der Waals surface area (Å²) in [5.41, 5.74) is 0.459. The number of amides is 1. The number of hydrogen-bond acceptors (Lipinski definition) is 4. The molecule has 0 bridgehead atoms. The lowest BCUT2D eigenvalue weighted by atomic mass is 10.3. The zero-order valence-electron chi connectivity index (χ0n) is 11.3. The zero-order chi connectivity index (χ0) is 16.0. The number of rotatable bonds is 7. The Hall–Kier alpha value is -1.58. The molecule has 1 aromatic rings. The van der Waals surface area contributed by atoms with Gasteiger partial charge in [0.15, 0.2) is 0 Å². The van der Waals surface area contributed by atoms with E-state index in [2.05, 4.69) is 4.74 Å². The van der Waals surface area contributed by atoms with Crippen LogP contribution in [0.4, 0.5) is 14.5 Å². The van der Waals surface area contributed by atoms with Crippen molar-refractivity contribution < 1.29 is 26.7 Å². The molecule has 0 atom stereocenters. The van der Waals surface area contributed by atoms with Crippen molar-refractivity contribution in [3.05, 3.63) is 24.3 Å². The number of benzene rings is 1. The van der Waals surface area contributed by atoms with Crippen molar-refractivity contribution in [2.45, 2.75) is 17.7 Å². The Labute approximate surface area is 121 Å². The summed E-state index contributed by atoms with van der Waals surface area (Å²) in [6.45, 7) is -0.817. The predicted octanol–water partition coefficient (Wildman–Crippen LogP) is 0.969. The van der Waals surface area contributed by atoms with E-state index in [0.717, 1.165) is 0 Å². The highest BCUT2D eigenvalue weighted by molar-refractivity contribution is 7.89. The van der Waals surface area contributed by atoms with Crippen molar-refractivity contribution in [3.8, 4) is 0 Å². The van der Waals surface area contributed by atoms with Crippen molar-refractivity contribution in [2.75, 3.05) is 25.2 Å². The molecule has 0 aromatic heterocycles. The summed E-state index contributed by atoms with van der Waals surface area (Å²) in [5.74, 6) is -0.340. The maximum Gasteiger partial charge on any atom is 0.261 e. The smallest absolute Gasteiger partial charge is 0.261 e. The van der Waals surface area contributed by atoms with Gasteiger partial charge in [0.25, 0.3) is 6.43 Å². The van der Waals surface area contributed by atoms with Gasteiger partial charge in [-0.25, -0.2) is 22.3 Å². The maximum atomic E-state index is 11.8. The van der Waals surface area contributed by atoms with Crippen LogP contribution in [0.1, 0.15) is 6.42 Å². The normalized spacial score (nSPS) is 11.7. The van der Waals surface area contributed by atoms with Crippen LogP contribution in [-0.4, -0.2) is 41.0 Å². The van der Waals surface area contributed by atoms with E-state index in [1.54, 1.807) is 0 Å². The number of carbonyl (C=O) groups excluding carboxylic acids is 1. The predicted molar refractivity (Wildman–Crippen MR) is 72.7 cm³/mol. The van der Waals surface area contributed by atoms with Crippen LogP contribution in [0, 0.1) is 0 Å². The fourth-order valence-electron chi connectivity index (χ4n) is 1.50. The van der Waals surface area contributed by atoms with Gasteiger partial charge in [-0.15, -0.1) is 0 Å². The fourth-order valence-corrected chi connectivity index (χ4v) is 2.02. The average molecular weight is 322 g/mol. The topological polar surface area (TPSA) is 89.7 Å². The van der Waals surface area contributed by atoms with Crippen molar-refractivity contribution in [3.63, 3.8) is 0 Å². The number of carbonyl (C=O) groups is 1. The highest BCUT2D eigenvalue weighted by Crippen LogP contribution is 2.16. The van der Waals surface area contributed by atoms with Crippen LogP contribution >= 0.6 is 0 Å². The minimum atomic E-state index is -3.79. The molecule has 0 saturated carbocycles. The molecule has 0 unspecified atom stereocenters. The van der Waals surface area contributed by atoms with Crippen LogP contribution < -0.4 is 10.0 Å². The summed E-state index contributed by atoms with van der Waals surface area (Å²) in [6, 6.07) is 5.42. The Morgan fingerprint density at radius 3 is 2.38 bits per heavy atom. The molecule has 1 aromatic carbocycles. The molecule has 6 nitrogen and oxygen atoms in total. The number of sulfonamides is 1. The average Bonchev–Trinajstić information content (AvgIpc) is 2.41. The summed E-state index contributed by atoms with van der Waals surface area (Å²) in [5, 5.41) is 4.96. The molecule has 0 fully saturated rings. The molecule has 2 N–H and O–H groups in total. The van der Waals surface area contributed by atoms with Gasteiger partial charge in [0.05, 0.1) is 17.9 Å². The van der Waals surface area contributed by atoms with Crippen LogP contribution in [0.5, 0.6) is 0 Å². The number of nitrogens with two attached hydrogens (primary N) is 1. The molecule has 1 amide bonds. The summed E-state index contributed by atoms with van der Waals surface area (Å²) in [7, 11) is -2.30. The van der Waals surface area contributed by atoms with Crippen LogP contribution in [0.2, 0.25) is 0 Å². The van der Waals surface area contributed by atoms with E-state index in [1.165, 1.54) is 36.2 Å². The number of anilines is 1. The standard InChI is InChI=1S/C12H16F2N2O4S/c1-16(12(17)6-7-20-8-11(13)14)9-2-4-10(5-3-9)21(15,18)19/h2-5,11H,6-8H2,1H3,(H2,15,18,19). The number of hydrogen-bond donors (Lipinski definition) is 1. The van der Waals surface area contributed by atoms with E-state index < -0.39 is 23.1 Å². The first-order valence-corrected chi connectivity index (χ1v) is 7.51. The molecule has 0 saturated heterocycles. The van der Waals surface area contributed by atoms with Crippen LogP contribution in [0.3, 0.4) is 0 Å². The molecule has 0 aliphatic rings. The minimum Gasteiger partial charge on any atom is -0.375 e. The van der Waals surface area contributed by atoms with E-state index >= 15 is 0 Å². The quantitative estimate of drug-likeness (QED) is 0.757. The van der Waals surface area contributed by atoms with Gasteiger partial charge in [0.2, 0.25) is 15.9 Å². The van der Waals surface area contributed by atoms with Gasteiger partial charge in [-0.05, 0) is 24.3 Å². The Bertz CT molecular complexity index is 575. The Kier molecular flexibility index (Phi) is 6.19. The number of ether oxygens (including phenoxy) is 1. The lowest BCUT2D eigenvalue weighted by Crippen LogP contribution is -2.27. The zero-order valence-corrected chi connectivity index (χ0v) is 12.1. The molecule has 1 rings (SSSR count). The van der Waals surface area contributed by atoms with Gasteiger partial charge in [-0.1, -0.05) is 0 Å². The molecule has 0 heterocycles. The SMILES string of the molecule is CN(C(=O)CCOCC(F)F)c1ccc(S(N)(=O)=O)cc1. The first kappa shape index (κ1) is 17.5. The van der Waals surface area contributed by atoms with Gasteiger partial charge in [0.1, 0.15) is 6.61 Å². The van der Waals surface area contributed by atoms with Crippen molar-refractivity contribution in [1.82, 2.24) is 0 Å². The monoisotopic (exact) mass is 322 g/mol. The van der Waals surface area contributed by atoms with Gasteiger partial charge in [0, 0.05) is 12.7 Å². The highest BCUT2D eigenvalue weighted by atomic mass is 32.2. The first-order valence-electron chi connectivity index (χ1n) is 5.97. The number of alkyl halides is 2. The Morgan fingerprint density at radius 1 is 1.33 bits per heavy atom. The lowest BCUT2D eigenvalue weighted by molar-refractivity contribution is -0.119. The second kappa shape index (κ2) is 7.43. The van der Waals surface area contributed by atoms with E-state index in [9.17, 15) is 22.0 Å². The van der Waals surface area contributed by atoms with E-state index in [-0.39, 0.29) is 23.8 Å². The van der Waals surface area contributed by atoms with Crippen molar-refractivity contribution >= 4 is 21.6 Å². The van der Waals surface area contributed by atoms with Gasteiger partial charge >= 0.3 is 0 Å². The molecule has 0 aliphatic heterocycles. The second-order valence-corrected chi connectivity index (χ2v) is 5.77. The van der Waals surface area contributed by atoms with Crippen LogP contribution in [-0.2, 0) is 19.6 Å². The molecule has 0 spiro atoms. The van der Waals surface area contributed by atoms with E-state index in [4.69, 9.17) is 5.14 Å². The first-order chi connectivity index (χ1) is 9.71. The number of halogens is 2. The van der Waals surface area contributed by atoms with E-state index in [1.807, 2.05) is 0 Å². The van der Waals surface area contributed by atoms with Gasteiger partial charge in [-0.2, -0.15) is 0 Å². The third-order valence-corrected chi connectivity index (χ3v) is 3.56. The van der Waals surface area contributed by atoms with E-state index in [0.29, 0.717) is 5.69 Å². The number of primary sulfonamides is 1. The lowest BCUT2D eigenvalue weighted by Gasteiger charge is -2.17. The molecule has 118 valence electrons. The molecule has 0 radical (unpaired) electrons. The highest BCUT2D eigenvalue weighted by Gasteiger charge is 2.13. The van der Waals surface area contributed by atoms with Gasteiger partial charge < -0.3 is 9.64 Å². The molecular weight excluding hydrogens is 306 g/mol. The molecule has 21 heavy (non-hydrogen) atoms. The minimum absolute atomic E-state index is 0.0554. The fraction of sp³-hybridized carbons (Fsp3) is 0.417. The number of nitrogens with zero attached hydrogens (tertiary/aromatic N) is 1.